The Kier molecular flexibility index (Phi) is 2.75. The molecule has 0 fully saturated rings. The fraction of sp³-hybridized carbons (Fsp3) is 0.154. The van der Waals surface area contributed by atoms with Gasteiger partial charge < -0.3 is 9.15 Å². The van der Waals surface area contributed by atoms with E-state index in [0.29, 0.717) is 12.3 Å². The Labute approximate surface area is 108 Å². The van der Waals surface area contributed by atoms with Crippen LogP contribution in [0, 0.1) is 0 Å². The van der Waals surface area contributed by atoms with Gasteiger partial charge in [-0.05, 0) is 19.1 Å². The van der Waals surface area contributed by atoms with Gasteiger partial charge in [-0.2, -0.15) is 10.3 Å². The van der Waals surface area contributed by atoms with Crippen LogP contribution in [0.2, 0.25) is 0 Å². The highest BCUT2D eigenvalue weighted by Crippen LogP contribution is 2.29. The van der Waals surface area contributed by atoms with Crippen molar-refractivity contribution in [2.45, 2.75) is 6.92 Å². The number of esters is 1. The molecular weight excluding hydrogens is 246 g/mol. The number of ether oxygens (including phenoxy) is 1. The van der Waals surface area contributed by atoms with Gasteiger partial charge in [0.15, 0.2) is 5.69 Å². The lowest BCUT2D eigenvalue weighted by Gasteiger charge is -2.02. The van der Waals surface area contributed by atoms with Crippen LogP contribution in [0.15, 0.2) is 34.9 Å². The molecule has 0 radical (unpaired) electrons. The summed E-state index contributed by atoms with van der Waals surface area (Å²) in [6.45, 7) is 2.04. The number of benzene rings is 1. The molecule has 19 heavy (non-hydrogen) atoms. The first-order valence-electron chi connectivity index (χ1n) is 5.85. The predicted octanol–water partition coefficient (Wildman–Crippen LogP) is 2.39. The summed E-state index contributed by atoms with van der Waals surface area (Å²) in [4.78, 5) is 11.8. The van der Waals surface area contributed by atoms with Crippen molar-refractivity contribution in [3.05, 3.63) is 36.2 Å². The summed E-state index contributed by atoms with van der Waals surface area (Å²) < 4.78 is 10.3. The molecule has 0 aliphatic carbocycles. The molecule has 0 aliphatic heterocycles. The number of aromatic nitrogens is 3. The van der Waals surface area contributed by atoms with Gasteiger partial charge in [0.05, 0.1) is 12.9 Å². The Morgan fingerprint density at radius 2 is 2.26 bits per heavy atom. The predicted molar refractivity (Wildman–Crippen MR) is 67.5 cm³/mol. The van der Waals surface area contributed by atoms with E-state index < -0.39 is 5.97 Å². The van der Waals surface area contributed by atoms with Crippen LogP contribution in [0.4, 0.5) is 0 Å². The molecule has 6 heteroatoms. The van der Waals surface area contributed by atoms with Gasteiger partial charge in [0.2, 0.25) is 0 Å². The molecule has 0 saturated heterocycles. The highest BCUT2D eigenvalue weighted by molar-refractivity contribution is 6.00. The Balaban J connectivity index is 2.15. The van der Waals surface area contributed by atoms with Gasteiger partial charge in [0.25, 0.3) is 0 Å². The first kappa shape index (κ1) is 11.5. The van der Waals surface area contributed by atoms with Crippen molar-refractivity contribution in [3.8, 4) is 11.3 Å². The van der Waals surface area contributed by atoms with Gasteiger partial charge in [-0.15, -0.1) is 5.10 Å². The summed E-state index contributed by atoms with van der Waals surface area (Å²) in [5.74, 6) is -0.494. The number of nitrogens with one attached hydrogen (secondary N) is 1. The number of nitrogens with zero attached hydrogens (tertiary/aromatic N) is 2. The minimum Gasteiger partial charge on any atom is -0.464 e. The number of aromatic amines is 1. The molecular formula is C13H11N3O3. The maximum absolute atomic E-state index is 11.8. The minimum absolute atomic E-state index is 0.176. The molecule has 0 unspecified atom stereocenters. The van der Waals surface area contributed by atoms with Crippen LogP contribution in [-0.4, -0.2) is 28.0 Å². The quantitative estimate of drug-likeness (QED) is 0.728. The van der Waals surface area contributed by atoms with Crippen molar-refractivity contribution in [1.82, 2.24) is 15.4 Å². The van der Waals surface area contributed by atoms with Crippen molar-refractivity contribution >= 4 is 16.9 Å². The number of furan rings is 1. The van der Waals surface area contributed by atoms with E-state index in [2.05, 4.69) is 15.4 Å². The summed E-state index contributed by atoms with van der Waals surface area (Å²) in [5.41, 5.74) is 2.15. The fourth-order valence-electron chi connectivity index (χ4n) is 1.96. The number of carbonyl (C=O) groups is 1. The molecule has 0 saturated carbocycles. The standard InChI is InChI=1S/C13H11N3O3/c1-2-18-13(17)12-11(14-16-15-12)9-4-3-5-10-8(9)6-7-19-10/h3-7H,2H2,1H3,(H,14,15,16). The highest BCUT2D eigenvalue weighted by atomic mass is 16.5. The molecule has 3 aromatic rings. The number of rotatable bonds is 3. The largest absolute Gasteiger partial charge is 0.464 e. The molecule has 2 aromatic heterocycles. The lowest BCUT2D eigenvalue weighted by atomic mass is 10.1. The number of H-pyrrole nitrogens is 1. The summed E-state index contributed by atoms with van der Waals surface area (Å²) in [5, 5.41) is 11.2. The Morgan fingerprint density at radius 3 is 3.11 bits per heavy atom. The molecule has 3 rings (SSSR count). The second-order valence-corrected chi connectivity index (χ2v) is 3.88. The van der Waals surface area contributed by atoms with Gasteiger partial charge in [-0.1, -0.05) is 12.1 Å². The number of hydrogen-bond donors (Lipinski definition) is 1. The van der Waals surface area contributed by atoms with Crippen LogP contribution in [0.25, 0.3) is 22.2 Å². The number of fused-ring (bicyclic) bond motifs is 1. The Bertz CT molecular complexity index is 729. The monoisotopic (exact) mass is 257 g/mol. The SMILES string of the molecule is CCOC(=O)c1n[nH]nc1-c1cccc2occc12. The average molecular weight is 257 g/mol. The minimum atomic E-state index is -0.494. The van der Waals surface area contributed by atoms with E-state index in [1.165, 1.54) is 0 Å². The molecule has 6 nitrogen and oxygen atoms in total. The van der Waals surface area contributed by atoms with Crippen LogP contribution in [0.1, 0.15) is 17.4 Å². The van der Waals surface area contributed by atoms with Crippen molar-refractivity contribution in [1.29, 1.82) is 0 Å². The van der Waals surface area contributed by atoms with Gasteiger partial charge in [-0.25, -0.2) is 4.79 Å². The van der Waals surface area contributed by atoms with Gasteiger partial charge in [-0.3, -0.25) is 0 Å². The van der Waals surface area contributed by atoms with Crippen molar-refractivity contribution < 1.29 is 13.9 Å². The first-order chi connectivity index (χ1) is 9.31. The maximum Gasteiger partial charge on any atom is 0.361 e. The zero-order chi connectivity index (χ0) is 13.2. The van der Waals surface area contributed by atoms with E-state index in [1.54, 1.807) is 13.2 Å². The van der Waals surface area contributed by atoms with Crippen LogP contribution in [0.3, 0.4) is 0 Å². The highest BCUT2D eigenvalue weighted by Gasteiger charge is 2.20. The lowest BCUT2D eigenvalue weighted by molar-refractivity contribution is 0.0520. The van der Waals surface area contributed by atoms with E-state index in [4.69, 9.17) is 9.15 Å². The zero-order valence-corrected chi connectivity index (χ0v) is 10.2. The number of hydrogen-bond acceptors (Lipinski definition) is 5. The van der Waals surface area contributed by atoms with E-state index >= 15 is 0 Å². The summed E-state index contributed by atoms with van der Waals surface area (Å²) in [6.07, 6.45) is 1.60. The molecule has 0 aliphatic rings. The summed E-state index contributed by atoms with van der Waals surface area (Å²) in [7, 11) is 0. The molecule has 1 aromatic carbocycles. The van der Waals surface area contributed by atoms with E-state index in [-0.39, 0.29) is 5.69 Å². The Hall–Kier alpha value is -2.63. The van der Waals surface area contributed by atoms with Gasteiger partial charge >= 0.3 is 5.97 Å². The summed E-state index contributed by atoms with van der Waals surface area (Å²) >= 11 is 0. The van der Waals surface area contributed by atoms with E-state index in [1.807, 2.05) is 24.3 Å². The van der Waals surface area contributed by atoms with Crippen molar-refractivity contribution in [2.24, 2.45) is 0 Å². The molecule has 1 N–H and O–H groups in total. The second kappa shape index (κ2) is 4.56. The molecule has 0 spiro atoms. The topological polar surface area (TPSA) is 81.0 Å². The fourth-order valence-corrected chi connectivity index (χ4v) is 1.96. The van der Waals surface area contributed by atoms with Crippen LogP contribution < -0.4 is 0 Å². The third-order valence-corrected chi connectivity index (χ3v) is 2.77. The van der Waals surface area contributed by atoms with Crippen LogP contribution in [0.5, 0.6) is 0 Å². The smallest absolute Gasteiger partial charge is 0.361 e. The van der Waals surface area contributed by atoms with Gasteiger partial charge in [0, 0.05) is 10.9 Å². The van der Waals surface area contributed by atoms with Crippen LogP contribution >= 0.6 is 0 Å². The molecule has 0 atom stereocenters. The molecule has 96 valence electrons. The molecule has 0 amide bonds. The second-order valence-electron chi connectivity index (χ2n) is 3.88. The molecule has 2 heterocycles. The van der Waals surface area contributed by atoms with Gasteiger partial charge in [0.1, 0.15) is 11.3 Å². The zero-order valence-electron chi connectivity index (χ0n) is 10.2. The van der Waals surface area contributed by atoms with E-state index in [0.717, 1.165) is 16.5 Å². The third-order valence-electron chi connectivity index (χ3n) is 2.77. The Morgan fingerprint density at radius 1 is 1.37 bits per heavy atom. The normalized spacial score (nSPS) is 10.8. The number of carbonyl (C=O) groups excluding carboxylic acids is 1. The summed E-state index contributed by atoms with van der Waals surface area (Å²) in [6, 6.07) is 7.38. The molecule has 0 bridgehead atoms. The first-order valence-corrected chi connectivity index (χ1v) is 5.85. The average Bonchev–Trinajstić information content (AvgIpc) is 3.07. The maximum atomic E-state index is 11.8. The lowest BCUT2D eigenvalue weighted by Crippen LogP contribution is -2.06. The third kappa shape index (κ3) is 1.87. The van der Waals surface area contributed by atoms with Crippen molar-refractivity contribution in [3.63, 3.8) is 0 Å². The van der Waals surface area contributed by atoms with Crippen LogP contribution in [-0.2, 0) is 4.74 Å². The van der Waals surface area contributed by atoms with Crippen molar-refractivity contribution in [2.75, 3.05) is 6.61 Å². The van der Waals surface area contributed by atoms with E-state index in [9.17, 15) is 4.79 Å².